The molecule has 1 heterocycles. The number of hydrogen-bond donors (Lipinski definition) is 0. The lowest BCUT2D eigenvalue weighted by molar-refractivity contribution is 0.406. The van der Waals surface area contributed by atoms with Crippen LogP contribution >= 0.6 is 0 Å². The lowest BCUT2D eigenvalue weighted by Crippen LogP contribution is -2.13. The quantitative estimate of drug-likeness (QED) is 0.605. The predicted octanol–water partition coefficient (Wildman–Crippen LogP) is 1.97. The number of nitrogens with zero attached hydrogens (tertiary/aromatic N) is 1. The van der Waals surface area contributed by atoms with E-state index in [4.69, 9.17) is 6.42 Å². The van der Waals surface area contributed by atoms with E-state index < -0.39 is 0 Å². The van der Waals surface area contributed by atoms with Gasteiger partial charge in [0.1, 0.15) is 0 Å². The van der Waals surface area contributed by atoms with Gasteiger partial charge in [0.05, 0.1) is 0 Å². The van der Waals surface area contributed by atoms with Crippen molar-refractivity contribution in [3.63, 3.8) is 0 Å². The minimum atomic E-state index is 0.377. The average molecular weight is 185 g/mol. The summed E-state index contributed by atoms with van der Waals surface area (Å²) in [6, 6.07) is 10.6. The zero-order chi connectivity index (χ0) is 9.97. The highest BCUT2D eigenvalue weighted by molar-refractivity contribution is 5.25. The van der Waals surface area contributed by atoms with Crippen LogP contribution in [0.1, 0.15) is 11.5 Å². The Hall–Kier alpha value is -1.26. The minimum Gasteiger partial charge on any atom is -0.304 e. The fourth-order valence-corrected chi connectivity index (χ4v) is 2.21. The van der Waals surface area contributed by atoms with Crippen LogP contribution < -0.4 is 0 Å². The van der Waals surface area contributed by atoms with Crippen LogP contribution in [0.25, 0.3) is 0 Å². The molecule has 14 heavy (non-hydrogen) atoms. The molecule has 1 aliphatic rings. The number of likely N-dealkylation sites (tertiary alicyclic amines) is 1. The van der Waals surface area contributed by atoms with Crippen LogP contribution in [0.4, 0.5) is 0 Å². The molecule has 0 spiro atoms. The van der Waals surface area contributed by atoms with E-state index in [1.807, 2.05) is 6.07 Å². The summed E-state index contributed by atoms with van der Waals surface area (Å²) in [6.07, 6.45) is 5.55. The third-order valence-corrected chi connectivity index (χ3v) is 2.94. The van der Waals surface area contributed by atoms with E-state index in [0.29, 0.717) is 11.8 Å². The summed E-state index contributed by atoms with van der Waals surface area (Å²) in [5.41, 5.74) is 1.37. The zero-order valence-electron chi connectivity index (χ0n) is 8.48. The molecule has 0 aliphatic carbocycles. The monoisotopic (exact) mass is 185 g/mol. The Labute approximate surface area is 85.7 Å². The van der Waals surface area contributed by atoms with Gasteiger partial charge in [-0.05, 0) is 12.6 Å². The highest BCUT2D eigenvalue weighted by atomic mass is 15.1. The molecule has 1 saturated heterocycles. The molecule has 2 rings (SSSR count). The van der Waals surface area contributed by atoms with Crippen molar-refractivity contribution < 1.29 is 0 Å². The normalized spacial score (nSPS) is 27.4. The fourth-order valence-electron chi connectivity index (χ4n) is 2.21. The number of rotatable bonds is 1. The lowest BCUT2D eigenvalue weighted by atomic mass is 9.90. The summed E-state index contributed by atoms with van der Waals surface area (Å²) in [4.78, 5) is 2.31. The highest BCUT2D eigenvalue weighted by Gasteiger charge is 2.30. The van der Waals surface area contributed by atoms with Crippen molar-refractivity contribution in [3.8, 4) is 12.3 Å². The maximum absolute atomic E-state index is 5.55. The largest absolute Gasteiger partial charge is 0.304 e. The molecule has 1 fully saturated rings. The van der Waals surface area contributed by atoms with Gasteiger partial charge in [-0.3, -0.25) is 0 Å². The second-order valence-corrected chi connectivity index (χ2v) is 4.01. The van der Waals surface area contributed by atoms with E-state index in [-0.39, 0.29) is 0 Å². The molecule has 0 unspecified atom stereocenters. The Morgan fingerprint density at radius 2 is 2.00 bits per heavy atom. The molecule has 0 amide bonds. The molecular weight excluding hydrogens is 170 g/mol. The van der Waals surface area contributed by atoms with Gasteiger partial charge in [-0.1, -0.05) is 30.3 Å². The first-order valence-electron chi connectivity index (χ1n) is 5.01. The van der Waals surface area contributed by atoms with Crippen LogP contribution in [-0.4, -0.2) is 25.0 Å². The van der Waals surface area contributed by atoms with Gasteiger partial charge in [-0.2, -0.15) is 0 Å². The highest BCUT2D eigenvalue weighted by Crippen LogP contribution is 2.30. The van der Waals surface area contributed by atoms with Crippen LogP contribution in [0.15, 0.2) is 30.3 Å². The summed E-state index contributed by atoms with van der Waals surface area (Å²) in [7, 11) is 2.13. The van der Waals surface area contributed by atoms with Gasteiger partial charge in [0.25, 0.3) is 0 Å². The SMILES string of the molecule is C#C[C@H]1CN(C)C[C@@H]1c1ccccc1. The Morgan fingerprint density at radius 1 is 1.29 bits per heavy atom. The maximum atomic E-state index is 5.55. The summed E-state index contributed by atoms with van der Waals surface area (Å²) in [6.45, 7) is 2.11. The Bertz CT molecular complexity index is 336. The molecule has 1 heteroatoms. The average Bonchev–Trinajstić information content (AvgIpc) is 2.61. The smallest absolute Gasteiger partial charge is 0.0408 e. The molecule has 0 N–H and O–H groups in total. The zero-order valence-corrected chi connectivity index (χ0v) is 8.48. The summed E-state index contributed by atoms with van der Waals surface area (Å²) in [5, 5.41) is 0. The molecule has 1 aromatic rings. The lowest BCUT2D eigenvalue weighted by Gasteiger charge is -2.13. The van der Waals surface area contributed by atoms with E-state index in [1.165, 1.54) is 5.56 Å². The van der Waals surface area contributed by atoms with Crippen molar-refractivity contribution >= 4 is 0 Å². The number of hydrogen-bond acceptors (Lipinski definition) is 1. The molecule has 2 atom stereocenters. The Morgan fingerprint density at radius 3 is 2.64 bits per heavy atom. The van der Waals surface area contributed by atoms with Crippen LogP contribution in [0.3, 0.4) is 0 Å². The van der Waals surface area contributed by atoms with Crippen LogP contribution in [-0.2, 0) is 0 Å². The second kappa shape index (κ2) is 3.86. The summed E-state index contributed by atoms with van der Waals surface area (Å²) < 4.78 is 0. The molecule has 0 radical (unpaired) electrons. The molecule has 1 aromatic carbocycles. The van der Waals surface area contributed by atoms with E-state index in [9.17, 15) is 0 Å². The standard InChI is InChI=1S/C13H15N/c1-3-11-9-14(2)10-13(11)12-7-5-4-6-8-12/h1,4-8,11,13H,9-10H2,2H3/t11-,13-/m0/s1. The number of likely N-dealkylation sites (N-methyl/N-ethyl adjacent to an activating group) is 1. The first-order valence-corrected chi connectivity index (χ1v) is 5.01. The molecule has 1 nitrogen and oxygen atoms in total. The predicted molar refractivity (Wildman–Crippen MR) is 59.0 cm³/mol. The van der Waals surface area contributed by atoms with Crippen LogP contribution in [0.2, 0.25) is 0 Å². The molecule has 0 aromatic heterocycles. The Balaban J connectivity index is 2.23. The molecule has 0 saturated carbocycles. The Kier molecular flexibility index (Phi) is 2.56. The molecule has 1 aliphatic heterocycles. The van der Waals surface area contributed by atoms with Crippen molar-refractivity contribution in [2.45, 2.75) is 5.92 Å². The first-order chi connectivity index (χ1) is 6.81. The fraction of sp³-hybridized carbons (Fsp3) is 0.385. The minimum absolute atomic E-state index is 0.377. The van der Waals surface area contributed by atoms with Gasteiger partial charge < -0.3 is 4.90 Å². The molecular formula is C13H15N. The molecule has 0 bridgehead atoms. The summed E-state index contributed by atoms with van der Waals surface area (Å²) in [5.74, 6) is 3.80. The van der Waals surface area contributed by atoms with E-state index in [2.05, 4.69) is 42.1 Å². The van der Waals surface area contributed by atoms with Gasteiger partial charge in [0, 0.05) is 24.9 Å². The maximum Gasteiger partial charge on any atom is 0.0408 e. The summed E-state index contributed by atoms with van der Waals surface area (Å²) >= 11 is 0. The van der Waals surface area contributed by atoms with E-state index in [1.54, 1.807) is 0 Å². The van der Waals surface area contributed by atoms with Crippen molar-refractivity contribution in [3.05, 3.63) is 35.9 Å². The van der Waals surface area contributed by atoms with Gasteiger partial charge in [-0.15, -0.1) is 12.3 Å². The van der Waals surface area contributed by atoms with E-state index in [0.717, 1.165) is 13.1 Å². The van der Waals surface area contributed by atoms with E-state index >= 15 is 0 Å². The van der Waals surface area contributed by atoms with Crippen molar-refractivity contribution in [1.29, 1.82) is 0 Å². The van der Waals surface area contributed by atoms with Crippen LogP contribution in [0, 0.1) is 18.3 Å². The van der Waals surface area contributed by atoms with Gasteiger partial charge >= 0.3 is 0 Å². The molecule has 72 valence electrons. The topological polar surface area (TPSA) is 3.24 Å². The first kappa shape index (κ1) is 9.30. The van der Waals surface area contributed by atoms with Gasteiger partial charge in [0.15, 0.2) is 0 Å². The van der Waals surface area contributed by atoms with Crippen molar-refractivity contribution in [2.24, 2.45) is 5.92 Å². The van der Waals surface area contributed by atoms with Crippen molar-refractivity contribution in [1.82, 2.24) is 4.90 Å². The number of terminal acetylenes is 1. The third kappa shape index (κ3) is 1.66. The second-order valence-electron chi connectivity index (χ2n) is 4.01. The third-order valence-electron chi connectivity index (χ3n) is 2.94. The van der Waals surface area contributed by atoms with Gasteiger partial charge in [0.2, 0.25) is 0 Å². The van der Waals surface area contributed by atoms with Crippen LogP contribution in [0.5, 0.6) is 0 Å². The van der Waals surface area contributed by atoms with Crippen molar-refractivity contribution in [2.75, 3.05) is 20.1 Å². The van der Waals surface area contributed by atoms with Gasteiger partial charge in [-0.25, -0.2) is 0 Å². The number of benzene rings is 1.